The topological polar surface area (TPSA) is 92.4 Å². The molecule has 0 aliphatic rings. The van der Waals surface area contributed by atoms with E-state index in [0.29, 0.717) is 0 Å². The van der Waals surface area contributed by atoms with Crippen molar-refractivity contribution in [3.8, 4) is 0 Å². The highest BCUT2D eigenvalue weighted by molar-refractivity contribution is 5.84. The Morgan fingerprint density at radius 3 is 2.25 bits per heavy atom. The van der Waals surface area contributed by atoms with Gasteiger partial charge in [-0.3, -0.25) is 4.79 Å². The molecule has 0 heterocycles. The molecule has 1 amide bonds. The summed E-state index contributed by atoms with van der Waals surface area (Å²) in [5.74, 6) is -1.62. The van der Waals surface area contributed by atoms with Gasteiger partial charge in [0.05, 0.1) is 6.54 Å². The highest BCUT2D eigenvalue weighted by Crippen LogP contribution is 2.00. The maximum Gasteiger partial charge on any atom is 0.326 e. The first kappa shape index (κ1) is 10.9. The fourth-order valence-corrected chi connectivity index (χ4v) is 0.746. The fraction of sp³-hybridized carbons (Fsp3) is 0.714. The third-order valence-corrected chi connectivity index (χ3v) is 1.43. The van der Waals surface area contributed by atoms with Crippen LogP contribution < -0.4 is 11.1 Å². The minimum atomic E-state index is -1.04. The van der Waals surface area contributed by atoms with Crippen molar-refractivity contribution in [2.75, 3.05) is 6.54 Å². The van der Waals surface area contributed by atoms with Crippen LogP contribution in [0.3, 0.4) is 0 Å². The van der Waals surface area contributed by atoms with Gasteiger partial charge in [0.15, 0.2) is 0 Å². The number of aliphatic carboxylic acids is 1. The lowest BCUT2D eigenvalue weighted by molar-refractivity contribution is -0.142. The van der Waals surface area contributed by atoms with Crippen LogP contribution in [0.2, 0.25) is 0 Å². The predicted molar refractivity (Wildman–Crippen MR) is 43.5 cm³/mol. The van der Waals surface area contributed by atoms with E-state index in [1.54, 1.807) is 13.8 Å². The number of amides is 1. The first-order chi connectivity index (χ1) is 5.49. The van der Waals surface area contributed by atoms with Gasteiger partial charge in [0.2, 0.25) is 5.91 Å². The second-order valence-electron chi connectivity index (χ2n) is 2.83. The van der Waals surface area contributed by atoms with E-state index >= 15 is 0 Å². The molecule has 0 aromatic carbocycles. The first-order valence-corrected chi connectivity index (χ1v) is 3.71. The predicted octanol–water partition coefficient (Wildman–Crippen LogP) is -0.829. The van der Waals surface area contributed by atoms with E-state index in [4.69, 9.17) is 10.8 Å². The van der Waals surface area contributed by atoms with Crippen LogP contribution in [0.15, 0.2) is 0 Å². The number of carboxylic acid groups (broad SMARTS) is 1. The molecule has 4 N–H and O–H groups in total. The monoisotopic (exact) mass is 174 g/mol. The number of rotatable bonds is 4. The Morgan fingerprint density at radius 1 is 1.50 bits per heavy atom. The minimum absolute atomic E-state index is 0.141. The van der Waals surface area contributed by atoms with Crippen molar-refractivity contribution in [3.63, 3.8) is 0 Å². The zero-order valence-corrected chi connectivity index (χ0v) is 7.20. The first-order valence-electron chi connectivity index (χ1n) is 3.71. The number of carbonyl (C=O) groups is 2. The van der Waals surface area contributed by atoms with E-state index in [0.717, 1.165) is 0 Å². The molecule has 0 fully saturated rings. The molecule has 1 atom stereocenters. The van der Waals surface area contributed by atoms with Crippen LogP contribution in [-0.2, 0) is 9.59 Å². The van der Waals surface area contributed by atoms with E-state index in [9.17, 15) is 9.59 Å². The molecule has 0 aromatic rings. The SMILES string of the molecule is CC(C)[C@@H](NC(=O)CN)C(=O)O. The Balaban J connectivity index is 4.14. The van der Waals surface area contributed by atoms with Gasteiger partial charge in [-0.2, -0.15) is 0 Å². The van der Waals surface area contributed by atoms with E-state index in [2.05, 4.69) is 5.32 Å². The van der Waals surface area contributed by atoms with Crippen LogP contribution in [0.5, 0.6) is 0 Å². The number of hydrogen-bond acceptors (Lipinski definition) is 3. The van der Waals surface area contributed by atoms with Gasteiger partial charge in [-0.1, -0.05) is 13.8 Å². The van der Waals surface area contributed by atoms with Gasteiger partial charge in [-0.05, 0) is 5.92 Å². The third kappa shape index (κ3) is 3.34. The lowest BCUT2D eigenvalue weighted by Crippen LogP contribution is -2.46. The Kier molecular flexibility index (Phi) is 4.28. The summed E-state index contributed by atoms with van der Waals surface area (Å²) in [7, 11) is 0. The number of carbonyl (C=O) groups excluding carboxylic acids is 1. The average Bonchev–Trinajstić information content (AvgIpc) is 1.98. The zero-order chi connectivity index (χ0) is 9.72. The molecule has 5 heteroatoms. The van der Waals surface area contributed by atoms with Gasteiger partial charge in [-0.15, -0.1) is 0 Å². The van der Waals surface area contributed by atoms with Crippen LogP contribution in [0.4, 0.5) is 0 Å². The van der Waals surface area contributed by atoms with Crippen molar-refractivity contribution in [2.45, 2.75) is 19.9 Å². The Bertz CT molecular complexity index is 179. The molecule has 0 spiro atoms. The Labute approximate surface area is 70.9 Å². The van der Waals surface area contributed by atoms with Crippen LogP contribution in [0, 0.1) is 5.92 Å². The normalized spacial score (nSPS) is 12.7. The number of nitrogens with one attached hydrogen (secondary N) is 1. The summed E-state index contributed by atoms with van der Waals surface area (Å²) < 4.78 is 0. The number of nitrogens with two attached hydrogens (primary N) is 1. The highest BCUT2D eigenvalue weighted by atomic mass is 16.4. The molecule has 0 aliphatic carbocycles. The lowest BCUT2D eigenvalue weighted by Gasteiger charge is -2.16. The summed E-state index contributed by atoms with van der Waals surface area (Å²) in [6, 6.07) is -0.846. The summed E-state index contributed by atoms with van der Waals surface area (Å²) in [6.45, 7) is 3.25. The summed E-state index contributed by atoms with van der Waals surface area (Å²) in [5, 5.41) is 10.9. The van der Waals surface area contributed by atoms with E-state index in [1.165, 1.54) is 0 Å². The Morgan fingerprint density at radius 2 is 2.00 bits per heavy atom. The quantitative estimate of drug-likeness (QED) is 0.518. The molecule has 0 unspecified atom stereocenters. The zero-order valence-electron chi connectivity index (χ0n) is 7.20. The van der Waals surface area contributed by atoms with Gasteiger partial charge in [0.1, 0.15) is 6.04 Å². The molecule has 0 aliphatic heterocycles. The van der Waals surface area contributed by atoms with Crippen LogP contribution in [0.25, 0.3) is 0 Å². The molecule has 0 aromatic heterocycles. The average molecular weight is 174 g/mol. The molecule has 0 rings (SSSR count). The van der Waals surface area contributed by atoms with Gasteiger partial charge in [0, 0.05) is 0 Å². The van der Waals surface area contributed by atoms with Crippen LogP contribution in [0.1, 0.15) is 13.8 Å². The Hall–Kier alpha value is -1.10. The van der Waals surface area contributed by atoms with Crippen molar-refractivity contribution in [3.05, 3.63) is 0 Å². The number of carboxylic acids is 1. The van der Waals surface area contributed by atoms with Crippen molar-refractivity contribution < 1.29 is 14.7 Å². The largest absolute Gasteiger partial charge is 0.480 e. The maximum atomic E-state index is 10.7. The smallest absolute Gasteiger partial charge is 0.326 e. The lowest BCUT2D eigenvalue weighted by atomic mass is 10.1. The molecule has 70 valence electrons. The minimum Gasteiger partial charge on any atom is -0.480 e. The molecular formula is C7H14N2O3. The number of hydrogen-bond donors (Lipinski definition) is 3. The highest BCUT2D eigenvalue weighted by Gasteiger charge is 2.22. The summed E-state index contributed by atoms with van der Waals surface area (Å²) in [6.07, 6.45) is 0. The van der Waals surface area contributed by atoms with E-state index in [-0.39, 0.29) is 12.5 Å². The summed E-state index contributed by atoms with van der Waals surface area (Å²) >= 11 is 0. The van der Waals surface area contributed by atoms with Crippen molar-refractivity contribution in [2.24, 2.45) is 11.7 Å². The van der Waals surface area contributed by atoms with Gasteiger partial charge < -0.3 is 16.2 Å². The second-order valence-corrected chi connectivity index (χ2v) is 2.83. The third-order valence-electron chi connectivity index (χ3n) is 1.43. The van der Waals surface area contributed by atoms with Crippen molar-refractivity contribution in [1.82, 2.24) is 5.32 Å². The molecule has 0 radical (unpaired) electrons. The molecule has 5 nitrogen and oxygen atoms in total. The molecule has 0 saturated carbocycles. The maximum absolute atomic E-state index is 10.7. The van der Waals surface area contributed by atoms with E-state index < -0.39 is 17.9 Å². The summed E-state index contributed by atoms with van der Waals surface area (Å²) in [5.41, 5.74) is 5.02. The van der Waals surface area contributed by atoms with Gasteiger partial charge in [-0.25, -0.2) is 4.79 Å². The standard InChI is InChI=1S/C7H14N2O3/c1-4(2)6(7(11)12)9-5(10)3-8/h4,6H,3,8H2,1-2H3,(H,9,10)(H,11,12)/t6-/m1/s1. The van der Waals surface area contributed by atoms with Crippen molar-refractivity contribution >= 4 is 11.9 Å². The van der Waals surface area contributed by atoms with Gasteiger partial charge >= 0.3 is 5.97 Å². The summed E-state index contributed by atoms with van der Waals surface area (Å²) in [4.78, 5) is 21.3. The van der Waals surface area contributed by atoms with E-state index in [1.807, 2.05) is 0 Å². The molecule has 0 saturated heterocycles. The van der Waals surface area contributed by atoms with Gasteiger partial charge in [0.25, 0.3) is 0 Å². The molecular weight excluding hydrogens is 160 g/mol. The fourth-order valence-electron chi connectivity index (χ4n) is 0.746. The van der Waals surface area contributed by atoms with Crippen LogP contribution >= 0.6 is 0 Å². The second kappa shape index (κ2) is 4.71. The van der Waals surface area contributed by atoms with Crippen molar-refractivity contribution in [1.29, 1.82) is 0 Å². The van der Waals surface area contributed by atoms with Crippen LogP contribution in [-0.4, -0.2) is 29.6 Å². The molecule has 0 bridgehead atoms. The molecule has 12 heavy (non-hydrogen) atoms.